The Balaban J connectivity index is 1.95. The van der Waals surface area contributed by atoms with E-state index in [2.05, 4.69) is 41.6 Å². The van der Waals surface area contributed by atoms with Crippen LogP contribution in [0.2, 0.25) is 0 Å². The van der Waals surface area contributed by atoms with Gasteiger partial charge in [0.2, 0.25) is 0 Å². The molecule has 0 aliphatic carbocycles. The smallest absolute Gasteiger partial charge is 0.252 e. The van der Waals surface area contributed by atoms with E-state index in [-0.39, 0.29) is 12.3 Å². The zero-order valence-corrected chi connectivity index (χ0v) is 14.9. The molecule has 1 heterocycles. The van der Waals surface area contributed by atoms with Gasteiger partial charge in [0, 0.05) is 6.54 Å². The Morgan fingerprint density at radius 2 is 2.08 bits per heavy atom. The first-order valence-electron chi connectivity index (χ1n) is 7.91. The summed E-state index contributed by atoms with van der Waals surface area (Å²) in [7, 11) is 1.62. The van der Waals surface area contributed by atoms with Crippen LogP contribution in [-0.4, -0.2) is 17.6 Å². The molecular formula is C19H20N2O2S. The molecule has 0 N–H and O–H groups in total. The minimum Gasteiger partial charge on any atom is -0.497 e. The number of carbonyl (C=O) groups excluding carboxylic acids is 1. The number of amides is 1. The van der Waals surface area contributed by atoms with Crippen molar-refractivity contribution in [3.8, 4) is 5.75 Å². The summed E-state index contributed by atoms with van der Waals surface area (Å²) in [6.45, 7) is 4.92. The van der Waals surface area contributed by atoms with E-state index in [1.54, 1.807) is 18.4 Å². The van der Waals surface area contributed by atoms with Gasteiger partial charge >= 0.3 is 0 Å². The number of aryl methyl sites for hydroxylation is 2. The fourth-order valence-corrected chi connectivity index (χ4v) is 3.88. The van der Waals surface area contributed by atoms with E-state index in [9.17, 15) is 4.79 Å². The molecule has 0 aliphatic heterocycles. The molecule has 1 aromatic heterocycles. The Labute approximate surface area is 145 Å². The summed E-state index contributed by atoms with van der Waals surface area (Å²) < 4.78 is 8.44. The van der Waals surface area contributed by atoms with Gasteiger partial charge in [-0.2, -0.15) is 4.99 Å². The Morgan fingerprint density at radius 3 is 2.83 bits per heavy atom. The zero-order valence-electron chi connectivity index (χ0n) is 14.1. The highest BCUT2D eigenvalue weighted by Crippen LogP contribution is 2.19. The minimum atomic E-state index is -0.145. The van der Waals surface area contributed by atoms with E-state index in [0.29, 0.717) is 0 Å². The number of hydrogen-bond donors (Lipinski definition) is 0. The van der Waals surface area contributed by atoms with Crippen LogP contribution in [0.1, 0.15) is 18.1 Å². The third-order valence-electron chi connectivity index (χ3n) is 3.86. The number of fused-ring (bicyclic) bond motifs is 1. The molecule has 4 nitrogen and oxygen atoms in total. The van der Waals surface area contributed by atoms with Crippen LogP contribution in [0.3, 0.4) is 0 Å². The van der Waals surface area contributed by atoms with Gasteiger partial charge in [0.25, 0.3) is 5.91 Å². The molecule has 0 fully saturated rings. The van der Waals surface area contributed by atoms with Crippen molar-refractivity contribution >= 4 is 27.5 Å². The first-order valence-corrected chi connectivity index (χ1v) is 8.73. The molecule has 0 spiro atoms. The topological polar surface area (TPSA) is 43.6 Å². The quantitative estimate of drug-likeness (QED) is 0.727. The molecule has 0 saturated carbocycles. The average Bonchev–Trinajstić information content (AvgIpc) is 2.90. The minimum absolute atomic E-state index is 0.145. The highest BCUT2D eigenvalue weighted by atomic mass is 32.1. The highest BCUT2D eigenvalue weighted by Gasteiger charge is 2.08. The van der Waals surface area contributed by atoms with Crippen molar-refractivity contribution in [1.82, 2.24) is 4.57 Å². The van der Waals surface area contributed by atoms with Crippen molar-refractivity contribution in [2.24, 2.45) is 4.99 Å². The number of aromatic nitrogens is 1. The number of thiazole rings is 1. The lowest BCUT2D eigenvalue weighted by Gasteiger charge is -2.02. The normalized spacial score (nSPS) is 11.9. The molecule has 0 bridgehead atoms. The Morgan fingerprint density at radius 1 is 1.25 bits per heavy atom. The summed E-state index contributed by atoms with van der Waals surface area (Å²) in [5.74, 6) is 0.606. The molecule has 3 aromatic rings. The number of nitrogens with zero attached hydrogens (tertiary/aromatic N) is 2. The van der Waals surface area contributed by atoms with E-state index < -0.39 is 0 Å². The number of carbonyl (C=O) groups is 1. The molecule has 0 aliphatic rings. The molecule has 0 unspecified atom stereocenters. The molecule has 0 saturated heterocycles. The second kappa shape index (κ2) is 7.01. The van der Waals surface area contributed by atoms with Crippen LogP contribution in [0.15, 0.2) is 47.5 Å². The van der Waals surface area contributed by atoms with E-state index in [4.69, 9.17) is 4.74 Å². The summed E-state index contributed by atoms with van der Waals surface area (Å²) >= 11 is 1.56. The maximum absolute atomic E-state index is 12.4. The van der Waals surface area contributed by atoms with E-state index in [1.165, 1.54) is 5.56 Å². The predicted molar refractivity (Wildman–Crippen MR) is 97.5 cm³/mol. The summed E-state index contributed by atoms with van der Waals surface area (Å²) in [6, 6.07) is 13.9. The van der Waals surface area contributed by atoms with Crippen molar-refractivity contribution in [1.29, 1.82) is 0 Å². The highest BCUT2D eigenvalue weighted by molar-refractivity contribution is 7.16. The van der Waals surface area contributed by atoms with Crippen LogP contribution in [0.4, 0.5) is 0 Å². The Kier molecular flexibility index (Phi) is 4.81. The molecule has 0 radical (unpaired) electrons. The molecule has 1 amide bonds. The van der Waals surface area contributed by atoms with E-state index in [0.717, 1.165) is 32.9 Å². The van der Waals surface area contributed by atoms with Gasteiger partial charge in [-0.05, 0) is 49.2 Å². The van der Waals surface area contributed by atoms with Crippen molar-refractivity contribution < 1.29 is 9.53 Å². The van der Waals surface area contributed by atoms with Crippen LogP contribution in [-0.2, 0) is 17.8 Å². The van der Waals surface area contributed by atoms with Gasteiger partial charge in [0.1, 0.15) is 5.75 Å². The van der Waals surface area contributed by atoms with Crippen molar-refractivity contribution in [3.63, 3.8) is 0 Å². The van der Waals surface area contributed by atoms with Crippen LogP contribution < -0.4 is 9.54 Å². The summed E-state index contributed by atoms with van der Waals surface area (Å²) in [4.78, 5) is 17.5. The molecule has 5 heteroatoms. The molecule has 24 heavy (non-hydrogen) atoms. The zero-order chi connectivity index (χ0) is 17.1. The molecular weight excluding hydrogens is 320 g/mol. The number of rotatable bonds is 4. The Hall–Kier alpha value is -2.40. The van der Waals surface area contributed by atoms with Gasteiger partial charge in [-0.3, -0.25) is 4.79 Å². The van der Waals surface area contributed by atoms with Crippen LogP contribution in [0.25, 0.3) is 10.2 Å². The summed E-state index contributed by atoms with van der Waals surface area (Å²) in [6.07, 6.45) is 0.272. The molecule has 2 aromatic carbocycles. The fourth-order valence-electron chi connectivity index (χ4n) is 2.67. The Bertz CT molecular complexity index is 953. The maximum atomic E-state index is 12.4. The summed E-state index contributed by atoms with van der Waals surface area (Å²) in [5.41, 5.74) is 3.24. The van der Waals surface area contributed by atoms with Gasteiger partial charge in [-0.1, -0.05) is 29.5 Å². The lowest BCUT2D eigenvalue weighted by Crippen LogP contribution is -2.16. The summed E-state index contributed by atoms with van der Waals surface area (Å²) in [5, 5.41) is 0. The molecule has 124 valence electrons. The third kappa shape index (κ3) is 3.41. The molecule has 3 rings (SSSR count). The van der Waals surface area contributed by atoms with Crippen LogP contribution >= 0.6 is 11.3 Å². The molecule has 0 atom stereocenters. The van der Waals surface area contributed by atoms with Crippen molar-refractivity contribution in [2.75, 3.05) is 7.11 Å². The lowest BCUT2D eigenvalue weighted by molar-refractivity contribution is -0.117. The largest absolute Gasteiger partial charge is 0.497 e. The fraction of sp³-hybridized carbons (Fsp3) is 0.263. The van der Waals surface area contributed by atoms with Gasteiger partial charge in [0.05, 0.1) is 23.7 Å². The van der Waals surface area contributed by atoms with Gasteiger partial charge in [-0.25, -0.2) is 0 Å². The van der Waals surface area contributed by atoms with Gasteiger partial charge in [0.15, 0.2) is 4.80 Å². The van der Waals surface area contributed by atoms with Gasteiger partial charge in [-0.15, -0.1) is 0 Å². The standard InChI is InChI=1S/C19H20N2O2S/c1-4-21-16-9-8-13(2)10-17(16)24-19(21)20-18(22)12-14-6-5-7-15(11-14)23-3/h5-11H,4,12H2,1-3H3. The average molecular weight is 340 g/mol. The van der Waals surface area contributed by atoms with Crippen molar-refractivity contribution in [2.45, 2.75) is 26.8 Å². The lowest BCUT2D eigenvalue weighted by atomic mass is 10.1. The van der Waals surface area contributed by atoms with Gasteiger partial charge < -0.3 is 9.30 Å². The first kappa shape index (κ1) is 16.5. The maximum Gasteiger partial charge on any atom is 0.252 e. The predicted octanol–water partition coefficient (Wildman–Crippen LogP) is 3.71. The van der Waals surface area contributed by atoms with Crippen molar-refractivity contribution in [3.05, 3.63) is 58.4 Å². The number of ether oxygens (including phenoxy) is 1. The van der Waals surface area contributed by atoms with Crippen LogP contribution in [0, 0.1) is 6.92 Å². The third-order valence-corrected chi connectivity index (χ3v) is 4.91. The second-order valence-electron chi connectivity index (χ2n) is 5.63. The number of hydrogen-bond acceptors (Lipinski definition) is 3. The first-order chi connectivity index (χ1) is 11.6. The second-order valence-corrected chi connectivity index (χ2v) is 6.64. The van der Waals surface area contributed by atoms with E-state index in [1.807, 2.05) is 24.3 Å². The van der Waals surface area contributed by atoms with E-state index >= 15 is 0 Å². The monoisotopic (exact) mass is 340 g/mol. The van der Waals surface area contributed by atoms with Crippen LogP contribution in [0.5, 0.6) is 5.75 Å². The SMILES string of the molecule is CCn1c(=NC(=O)Cc2cccc(OC)c2)sc2cc(C)ccc21. The number of benzene rings is 2. The number of methoxy groups -OCH3 is 1.